The first-order valence-electron chi connectivity index (χ1n) is 3.23. The normalized spacial score (nSPS) is 18.7. The minimum atomic E-state index is 0.910. The van der Waals surface area contributed by atoms with Crippen LogP contribution in [0.4, 0.5) is 0 Å². The van der Waals surface area contributed by atoms with E-state index in [1.807, 2.05) is 12.0 Å². The van der Waals surface area contributed by atoms with Crippen molar-refractivity contribution < 1.29 is 0 Å². The average molecular weight is 128 g/mol. The monoisotopic (exact) mass is 128 g/mol. The summed E-state index contributed by atoms with van der Waals surface area (Å²) in [7, 11) is 0. The Morgan fingerprint density at radius 1 is 1.56 bits per heavy atom. The first-order chi connectivity index (χ1) is 4.36. The van der Waals surface area contributed by atoms with Crippen LogP contribution in [0.5, 0.6) is 0 Å². The van der Waals surface area contributed by atoms with Gasteiger partial charge >= 0.3 is 0 Å². The predicted octanol–water partition coefficient (Wildman–Crippen LogP) is 0.0546. The summed E-state index contributed by atoms with van der Waals surface area (Å²) >= 11 is 0. The molecule has 4 nitrogen and oxygen atoms in total. The summed E-state index contributed by atoms with van der Waals surface area (Å²) in [5, 5.41) is 5.82. The van der Waals surface area contributed by atoms with Crippen LogP contribution in [-0.2, 0) is 0 Å². The van der Waals surface area contributed by atoms with Gasteiger partial charge in [-0.2, -0.15) is 0 Å². The van der Waals surface area contributed by atoms with Crippen molar-refractivity contribution in [2.24, 2.45) is 5.10 Å². The van der Waals surface area contributed by atoms with Crippen LogP contribution < -0.4 is 11.0 Å². The molecule has 0 aromatic rings. The van der Waals surface area contributed by atoms with Crippen molar-refractivity contribution in [3.63, 3.8) is 0 Å². The molecule has 0 bridgehead atoms. The van der Waals surface area contributed by atoms with Gasteiger partial charge < -0.3 is 0 Å². The average Bonchev–Trinajstić information content (AvgIpc) is 2.34. The fraction of sp³-hybridized carbons (Fsp3) is 0.800. The quantitative estimate of drug-likeness (QED) is 0.552. The zero-order valence-corrected chi connectivity index (χ0v) is 5.81. The second kappa shape index (κ2) is 2.68. The number of rotatable bonds is 2. The lowest BCUT2D eigenvalue weighted by atomic mass is 10.5. The largest absolute Gasteiger partial charge is 0.286 e. The summed E-state index contributed by atoms with van der Waals surface area (Å²) < 4.78 is 0. The molecule has 1 heterocycles. The molecule has 0 fully saturated rings. The van der Waals surface area contributed by atoms with E-state index >= 15 is 0 Å². The summed E-state index contributed by atoms with van der Waals surface area (Å²) in [6, 6.07) is 0. The lowest BCUT2D eigenvalue weighted by Gasteiger charge is -2.11. The van der Waals surface area contributed by atoms with E-state index in [9.17, 15) is 0 Å². The minimum Gasteiger partial charge on any atom is -0.286 e. The summed E-state index contributed by atoms with van der Waals surface area (Å²) in [5.41, 5.74) is 5.88. The highest BCUT2D eigenvalue weighted by Crippen LogP contribution is 1.89. The van der Waals surface area contributed by atoms with Crippen LogP contribution in [0.15, 0.2) is 5.10 Å². The van der Waals surface area contributed by atoms with E-state index in [1.54, 1.807) is 0 Å². The maximum atomic E-state index is 3.99. The zero-order chi connectivity index (χ0) is 6.69. The van der Waals surface area contributed by atoms with Crippen LogP contribution in [0.2, 0.25) is 0 Å². The fourth-order valence-electron chi connectivity index (χ4n) is 0.634. The first kappa shape index (κ1) is 6.35. The van der Waals surface area contributed by atoms with E-state index < -0.39 is 0 Å². The molecule has 2 N–H and O–H groups in total. The standard InChI is InChI=1S/C5H12N4/c1-3-5-6-8-9(4-2)7-5/h8H,3-4H2,1-2H3,(H,6,7). The molecule has 1 aliphatic rings. The molecule has 0 aromatic heterocycles. The van der Waals surface area contributed by atoms with Crippen molar-refractivity contribution in [3.05, 3.63) is 0 Å². The van der Waals surface area contributed by atoms with Gasteiger partial charge in [0.1, 0.15) is 5.84 Å². The third-order valence-corrected chi connectivity index (χ3v) is 1.22. The molecular formula is C5H12N4. The number of hydrogen-bond acceptors (Lipinski definition) is 4. The molecular weight excluding hydrogens is 116 g/mol. The number of amidine groups is 1. The van der Waals surface area contributed by atoms with Gasteiger partial charge in [-0.05, 0) is 6.92 Å². The maximum Gasteiger partial charge on any atom is 0.139 e. The van der Waals surface area contributed by atoms with Gasteiger partial charge in [0.25, 0.3) is 0 Å². The van der Waals surface area contributed by atoms with Crippen molar-refractivity contribution in [1.82, 2.24) is 16.1 Å². The van der Waals surface area contributed by atoms with Crippen LogP contribution in [0.25, 0.3) is 0 Å². The predicted molar refractivity (Wildman–Crippen MR) is 36.4 cm³/mol. The molecule has 0 radical (unpaired) electrons. The smallest absolute Gasteiger partial charge is 0.139 e. The Hall–Kier alpha value is -0.770. The van der Waals surface area contributed by atoms with Crippen LogP contribution in [-0.4, -0.2) is 17.5 Å². The summed E-state index contributed by atoms with van der Waals surface area (Å²) in [6.07, 6.45) is 0.948. The SMILES string of the molecule is CCC1=NNN(CC)N1. The minimum absolute atomic E-state index is 0.910. The Morgan fingerprint density at radius 2 is 2.33 bits per heavy atom. The Labute approximate surface area is 54.9 Å². The molecule has 0 aliphatic carbocycles. The van der Waals surface area contributed by atoms with Gasteiger partial charge in [-0.15, -0.1) is 10.2 Å². The van der Waals surface area contributed by atoms with Gasteiger partial charge in [0.2, 0.25) is 0 Å². The number of hydrazine groups is 2. The third-order valence-electron chi connectivity index (χ3n) is 1.22. The molecule has 0 saturated heterocycles. The van der Waals surface area contributed by atoms with Crippen molar-refractivity contribution in [3.8, 4) is 0 Å². The van der Waals surface area contributed by atoms with Gasteiger partial charge in [-0.3, -0.25) is 5.43 Å². The highest BCUT2D eigenvalue weighted by atomic mass is 15.9. The molecule has 0 aromatic carbocycles. The summed E-state index contributed by atoms with van der Waals surface area (Å²) in [6.45, 7) is 5.02. The lowest BCUT2D eigenvalue weighted by molar-refractivity contribution is 0.190. The Kier molecular flexibility index (Phi) is 1.89. The van der Waals surface area contributed by atoms with Gasteiger partial charge in [0.05, 0.1) is 0 Å². The van der Waals surface area contributed by atoms with Crippen LogP contribution in [0.1, 0.15) is 20.3 Å². The van der Waals surface area contributed by atoms with Gasteiger partial charge in [-0.1, -0.05) is 6.92 Å². The van der Waals surface area contributed by atoms with Crippen molar-refractivity contribution in [1.29, 1.82) is 0 Å². The van der Waals surface area contributed by atoms with Gasteiger partial charge in [0, 0.05) is 13.0 Å². The molecule has 0 saturated carbocycles. The van der Waals surface area contributed by atoms with Crippen LogP contribution in [0.3, 0.4) is 0 Å². The molecule has 0 atom stereocenters. The van der Waals surface area contributed by atoms with Crippen LogP contribution >= 0.6 is 0 Å². The highest BCUT2D eigenvalue weighted by molar-refractivity contribution is 5.81. The fourth-order valence-corrected chi connectivity index (χ4v) is 0.634. The van der Waals surface area contributed by atoms with E-state index in [0.717, 1.165) is 18.8 Å². The molecule has 9 heavy (non-hydrogen) atoms. The second-order valence-corrected chi connectivity index (χ2v) is 1.87. The Bertz CT molecular complexity index is 120. The molecule has 0 amide bonds. The van der Waals surface area contributed by atoms with E-state index in [0.29, 0.717) is 0 Å². The topological polar surface area (TPSA) is 39.7 Å². The van der Waals surface area contributed by atoms with E-state index in [2.05, 4.69) is 23.0 Å². The highest BCUT2D eigenvalue weighted by Gasteiger charge is 2.08. The van der Waals surface area contributed by atoms with E-state index in [1.165, 1.54) is 0 Å². The van der Waals surface area contributed by atoms with Crippen molar-refractivity contribution >= 4 is 5.84 Å². The molecule has 0 spiro atoms. The summed E-state index contributed by atoms with van der Waals surface area (Å²) in [5.74, 6) is 0.997. The Morgan fingerprint density at radius 3 is 2.67 bits per heavy atom. The molecule has 4 heteroatoms. The van der Waals surface area contributed by atoms with Crippen molar-refractivity contribution in [2.45, 2.75) is 20.3 Å². The van der Waals surface area contributed by atoms with Gasteiger partial charge in [-0.25, -0.2) is 5.53 Å². The van der Waals surface area contributed by atoms with Crippen molar-refractivity contribution in [2.75, 3.05) is 6.54 Å². The number of nitrogens with one attached hydrogen (secondary N) is 2. The molecule has 0 unspecified atom stereocenters. The first-order valence-corrected chi connectivity index (χ1v) is 3.23. The molecule has 1 rings (SSSR count). The van der Waals surface area contributed by atoms with E-state index in [4.69, 9.17) is 0 Å². The number of hydrazone groups is 1. The number of hydrogen-bond donors (Lipinski definition) is 2. The zero-order valence-electron chi connectivity index (χ0n) is 5.81. The van der Waals surface area contributed by atoms with Gasteiger partial charge in [0.15, 0.2) is 0 Å². The molecule has 52 valence electrons. The molecule has 1 aliphatic heterocycles. The second-order valence-electron chi connectivity index (χ2n) is 1.87. The maximum absolute atomic E-state index is 3.99. The lowest BCUT2D eigenvalue weighted by Crippen LogP contribution is -2.40. The Balaban J connectivity index is 2.31. The van der Waals surface area contributed by atoms with Crippen LogP contribution in [0, 0.1) is 0 Å². The van der Waals surface area contributed by atoms with E-state index in [-0.39, 0.29) is 0 Å². The third kappa shape index (κ3) is 1.32. The number of nitrogens with zero attached hydrogens (tertiary/aromatic N) is 2. The summed E-state index contributed by atoms with van der Waals surface area (Å²) in [4.78, 5) is 0.